The summed E-state index contributed by atoms with van der Waals surface area (Å²) in [5, 5.41) is 7.89. The van der Waals surface area contributed by atoms with Gasteiger partial charge in [-0.25, -0.2) is 9.50 Å². The molecule has 6 nitrogen and oxygen atoms in total. The van der Waals surface area contributed by atoms with Crippen LogP contribution in [0.25, 0.3) is 5.52 Å². The minimum atomic E-state index is 0.0569. The summed E-state index contributed by atoms with van der Waals surface area (Å²) in [7, 11) is 0. The van der Waals surface area contributed by atoms with Crippen LogP contribution in [0.15, 0.2) is 12.4 Å². The van der Waals surface area contributed by atoms with E-state index in [0.717, 1.165) is 69.5 Å². The number of anilines is 1. The van der Waals surface area contributed by atoms with Gasteiger partial charge < -0.3 is 10.2 Å². The number of carbonyl (C=O) groups is 1. The van der Waals surface area contributed by atoms with Gasteiger partial charge in [-0.3, -0.25) is 4.79 Å². The molecule has 3 heterocycles. The first-order valence-corrected chi connectivity index (χ1v) is 10.2. The summed E-state index contributed by atoms with van der Waals surface area (Å²) in [4.78, 5) is 19.5. The van der Waals surface area contributed by atoms with E-state index in [-0.39, 0.29) is 11.8 Å². The number of aromatic nitrogens is 3. The fourth-order valence-electron chi connectivity index (χ4n) is 4.29. The Morgan fingerprint density at radius 2 is 2.19 bits per heavy atom. The van der Waals surface area contributed by atoms with Gasteiger partial charge in [0, 0.05) is 37.6 Å². The third-order valence-corrected chi connectivity index (χ3v) is 5.72. The average molecular weight is 355 g/mol. The van der Waals surface area contributed by atoms with Gasteiger partial charge in [-0.1, -0.05) is 13.3 Å². The summed E-state index contributed by atoms with van der Waals surface area (Å²) in [6, 6.07) is 0. The van der Waals surface area contributed by atoms with Crippen LogP contribution in [0.4, 0.5) is 5.82 Å². The summed E-state index contributed by atoms with van der Waals surface area (Å²) >= 11 is 0. The van der Waals surface area contributed by atoms with E-state index in [4.69, 9.17) is 10.1 Å². The minimum absolute atomic E-state index is 0.0569. The summed E-state index contributed by atoms with van der Waals surface area (Å²) in [6.07, 6.45) is 12.6. The molecule has 26 heavy (non-hydrogen) atoms. The Morgan fingerprint density at radius 3 is 3.08 bits per heavy atom. The third-order valence-electron chi connectivity index (χ3n) is 5.72. The predicted molar refractivity (Wildman–Crippen MR) is 102 cm³/mol. The first-order valence-electron chi connectivity index (χ1n) is 10.2. The second-order valence-corrected chi connectivity index (χ2v) is 7.61. The molecule has 2 aromatic heterocycles. The molecule has 1 unspecified atom stereocenters. The molecule has 1 aliphatic carbocycles. The van der Waals surface area contributed by atoms with Crippen molar-refractivity contribution in [2.24, 2.45) is 5.92 Å². The van der Waals surface area contributed by atoms with E-state index in [1.54, 1.807) is 0 Å². The highest BCUT2D eigenvalue weighted by Gasteiger charge is 2.29. The largest absolute Gasteiger partial charge is 0.356 e. The number of unbranched alkanes of at least 4 members (excludes halogenated alkanes) is 1. The van der Waals surface area contributed by atoms with E-state index in [1.165, 1.54) is 24.1 Å². The molecule has 2 aliphatic rings. The quantitative estimate of drug-likeness (QED) is 0.838. The van der Waals surface area contributed by atoms with Crippen LogP contribution >= 0.6 is 0 Å². The Labute approximate surface area is 155 Å². The van der Waals surface area contributed by atoms with E-state index < -0.39 is 0 Å². The van der Waals surface area contributed by atoms with Gasteiger partial charge in [-0.2, -0.15) is 5.10 Å². The van der Waals surface area contributed by atoms with Crippen LogP contribution in [0.5, 0.6) is 0 Å². The molecule has 1 amide bonds. The molecular formula is C20H29N5O. The minimum Gasteiger partial charge on any atom is -0.356 e. The zero-order valence-corrected chi connectivity index (χ0v) is 15.7. The van der Waals surface area contributed by atoms with Crippen molar-refractivity contribution in [2.45, 2.75) is 58.3 Å². The third kappa shape index (κ3) is 3.29. The molecule has 1 N–H and O–H groups in total. The summed E-state index contributed by atoms with van der Waals surface area (Å²) in [5.41, 5.74) is 3.76. The van der Waals surface area contributed by atoms with Crippen LogP contribution in [0, 0.1) is 5.92 Å². The molecule has 1 fully saturated rings. The highest BCUT2D eigenvalue weighted by Crippen LogP contribution is 2.32. The molecule has 0 bridgehead atoms. The van der Waals surface area contributed by atoms with Crippen molar-refractivity contribution in [1.82, 2.24) is 19.9 Å². The topological polar surface area (TPSA) is 62.5 Å². The van der Waals surface area contributed by atoms with Gasteiger partial charge in [-0.15, -0.1) is 0 Å². The van der Waals surface area contributed by atoms with Crippen LogP contribution < -0.4 is 10.2 Å². The highest BCUT2D eigenvalue weighted by atomic mass is 16.1. The lowest BCUT2D eigenvalue weighted by molar-refractivity contribution is -0.125. The Bertz CT molecular complexity index is 784. The molecule has 2 aromatic rings. The van der Waals surface area contributed by atoms with Crippen molar-refractivity contribution in [3.05, 3.63) is 23.7 Å². The SMILES string of the molecule is CCCCNC(=O)C1CCCN(c2nccn3nc4c(c23)CCCC4)C1. The smallest absolute Gasteiger partial charge is 0.224 e. The summed E-state index contributed by atoms with van der Waals surface area (Å²) < 4.78 is 2.00. The molecule has 0 aromatic carbocycles. The summed E-state index contributed by atoms with van der Waals surface area (Å²) in [6.45, 7) is 4.65. The number of fused-ring (bicyclic) bond motifs is 3. The van der Waals surface area contributed by atoms with Crippen LogP contribution in [0.2, 0.25) is 0 Å². The molecule has 1 aliphatic heterocycles. The van der Waals surface area contributed by atoms with E-state index in [9.17, 15) is 4.79 Å². The summed E-state index contributed by atoms with van der Waals surface area (Å²) in [5.74, 6) is 1.27. The van der Waals surface area contributed by atoms with Crippen molar-refractivity contribution in [1.29, 1.82) is 0 Å². The van der Waals surface area contributed by atoms with Gasteiger partial charge >= 0.3 is 0 Å². The molecule has 1 saturated heterocycles. The average Bonchev–Trinajstić information content (AvgIpc) is 3.07. The monoisotopic (exact) mass is 355 g/mol. The maximum absolute atomic E-state index is 12.5. The predicted octanol–water partition coefficient (Wildman–Crippen LogP) is 2.74. The Balaban J connectivity index is 1.57. The Kier molecular flexibility index (Phi) is 5.09. The lowest BCUT2D eigenvalue weighted by atomic mass is 9.95. The van der Waals surface area contributed by atoms with E-state index in [0.29, 0.717) is 0 Å². The first-order chi connectivity index (χ1) is 12.8. The Morgan fingerprint density at radius 1 is 1.31 bits per heavy atom. The number of nitrogens with one attached hydrogen (secondary N) is 1. The fourth-order valence-corrected chi connectivity index (χ4v) is 4.29. The number of carbonyl (C=O) groups excluding carboxylic acids is 1. The Hall–Kier alpha value is -2.11. The zero-order chi connectivity index (χ0) is 17.9. The van der Waals surface area contributed by atoms with Gasteiger partial charge in [0.05, 0.1) is 11.6 Å². The molecule has 4 rings (SSSR count). The molecule has 0 radical (unpaired) electrons. The molecule has 0 saturated carbocycles. The van der Waals surface area contributed by atoms with Crippen molar-refractivity contribution >= 4 is 17.2 Å². The number of piperidine rings is 1. The van der Waals surface area contributed by atoms with Crippen LogP contribution in [-0.4, -0.2) is 40.1 Å². The van der Waals surface area contributed by atoms with Crippen LogP contribution in [0.1, 0.15) is 56.7 Å². The van der Waals surface area contributed by atoms with E-state index in [1.807, 2.05) is 16.9 Å². The van der Waals surface area contributed by atoms with Gasteiger partial charge in [0.2, 0.25) is 5.91 Å². The molecule has 6 heteroatoms. The first kappa shape index (κ1) is 17.3. The number of aryl methyl sites for hydroxylation is 2. The van der Waals surface area contributed by atoms with Crippen molar-refractivity contribution in [2.75, 3.05) is 24.5 Å². The normalized spacial score (nSPS) is 20.2. The molecular weight excluding hydrogens is 326 g/mol. The fraction of sp³-hybridized carbons (Fsp3) is 0.650. The maximum Gasteiger partial charge on any atom is 0.224 e. The molecule has 0 spiro atoms. The van der Waals surface area contributed by atoms with Gasteiger partial charge in [-0.05, 0) is 44.9 Å². The van der Waals surface area contributed by atoms with Gasteiger partial charge in [0.25, 0.3) is 0 Å². The molecule has 1 atom stereocenters. The van der Waals surface area contributed by atoms with Crippen molar-refractivity contribution < 1.29 is 4.79 Å². The second-order valence-electron chi connectivity index (χ2n) is 7.61. The van der Waals surface area contributed by atoms with E-state index in [2.05, 4.69) is 17.1 Å². The van der Waals surface area contributed by atoms with Crippen molar-refractivity contribution in [3.8, 4) is 0 Å². The number of hydrogen-bond donors (Lipinski definition) is 1. The van der Waals surface area contributed by atoms with Crippen LogP contribution in [-0.2, 0) is 17.6 Å². The van der Waals surface area contributed by atoms with Gasteiger partial charge in [0.1, 0.15) is 5.52 Å². The number of rotatable bonds is 5. The highest BCUT2D eigenvalue weighted by molar-refractivity contribution is 5.80. The lowest BCUT2D eigenvalue weighted by Gasteiger charge is -2.33. The second kappa shape index (κ2) is 7.64. The molecule has 140 valence electrons. The van der Waals surface area contributed by atoms with Gasteiger partial charge in [0.15, 0.2) is 5.82 Å². The van der Waals surface area contributed by atoms with E-state index >= 15 is 0 Å². The van der Waals surface area contributed by atoms with Crippen LogP contribution in [0.3, 0.4) is 0 Å². The number of hydrogen-bond acceptors (Lipinski definition) is 4. The number of amides is 1. The number of nitrogens with zero attached hydrogens (tertiary/aromatic N) is 4. The zero-order valence-electron chi connectivity index (χ0n) is 15.7. The maximum atomic E-state index is 12.5. The standard InChI is InChI=1S/C20H29N5O/c1-2-3-10-22-20(26)15-7-6-12-24(14-15)19-18-16-8-4-5-9-17(16)23-25(18)13-11-21-19/h11,13,15H,2-10,12,14H2,1H3,(H,22,26). The van der Waals surface area contributed by atoms with Crippen molar-refractivity contribution in [3.63, 3.8) is 0 Å². The lowest BCUT2D eigenvalue weighted by Crippen LogP contribution is -2.43.